The molecule has 23 heavy (non-hydrogen) atoms. The Labute approximate surface area is 137 Å². The maximum Gasteiger partial charge on any atom is 0.273 e. The number of nitrogens with two attached hydrogens (primary N) is 1. The number of benzene rings is 1. The maximum atomic E-state index is 12.3. The van der Waals surface area contributed by atoms with Crippen LogP contribution in [-0.4, -0.2) is 11.6 Å². The minimum absolute atomic E-state index is 0.216. The third-order valence-electron chi connectivity index (χ3n) is 6.25. The van der Waals surface area contributed by atoms with Crippen molar-refractivity contribution in [3.05, 3.63) is 29.8 Å². The molecule has 0 spiro atoms. The van der Waals surface area contributed by atoms with Gasteiger partial charge in [0.1, 0.15) is 0 Å². The first-order chi connectivity index (χ1) is 11.1. The van der Waals surface area contributed by atoms with Gasteiger partial charge in [0.05, 0.1) is 5.56 Å². The van der Waals surface area contributed by atoms with E-state index in [0.717, 1.165) is 29.4 Å². The standard InChI is InChI=1S/C19H25N3O/c1-11(21-22-19(23)16-4-2-3-5-17(16)20)18-14-7-12-6-13(9-14)10-15(18)8-12/h2-5,12-15,18H,6-10,20H2,1H3,(H,22,23). The second kappa shape index (κ2) is 5.66. The smallest absolute Gasteiger partial charge is 0.273 e. The Kier molecular flexibility index (Phi) is 3.63. The van der Waals surface area contributed by atoms with E-state index in [1.54, 1.807) is 12.1 Å². The third-order valence-corrected chi connectivity index (χ3v) is 6.25. The molecule has 0 atom stereocenters. The quantitative estimate of drug-likeness (QED) is 0.510. The molecule has 0 saturated heterocycles. The number of nitrogens with zero attached hydrogens (tertiary/aromatic N) is 1. The van der Waals surface area contributed by atoms with Crippen molar-refractivity contribution in [1.82, 2.24) is 5.43 Å². The van der Waals surface area contributed by atoms with Crippen molar-refractivity contribution >= 4 is 17.3 Å². The van der Waals surface area contributed by atoms with Crippen molar-refractivity contribution in [2.45, 2.75) is 39.0 Å². The van der Waals surface area contributed by atoms with E-state index in [4.69, 9.17) is 5.73 Å². The number of rotatable bonds is 3. The van der Waals surface area contributed by atoms with Gasteiger partial charge in [-0.25, -0.2) is 5.43 Å². The second-order valence-corrected chi connectivity index (χ2v) is 7.74. The summed E-state index contributed by atoms with van der Waals surface area (Å²) in [4.78, 5) is 12.3. The van der Waals surface area contributed by atoms with Crippen LogP contribution in [-0.2, 0) is 0 Å². The molecular weight excluding hydrogens is 286 g/mol. The predicted molar refractivity (Wildman–Crippen MR) is 92.0 cm³/mol. The molecule has 4 aliphatic carbocycles. The average Bonchev–Trinajstić information content (AvgIpc) is 2.52. The Morgan fingerprint density at radius 1 is 1.09 bits per heavy atom. The molecule has 0 radical (unpaired) electrons. The molecule has 4 bridgehead atoms. The Morgan fingerprint density at radius 2 is 1.70 bits per heavy atom. The molecule has 3 N–H and O–H groups in total. The summed E-state index contributed by atoms with van der Waals surface area (Å²) >= 11 is 0. The molecule has 0 heterocycles. The van der Waals surface area contributed by atoms with Crippen LogP contribution in [0.25, 0.3) is 0 Å². The molecule has 4 saturated carbocycles. The van der Waals surface area contributed by atoms with Gasteiger partial charge < -0.3 is 5.73 Å². The summed E-state index contributed by atoms with van der Waals surface area (Å²) < 4.78 is 0. The summed E-state index contributed by atoms with van der Waals surface area (Å²) in [5.41, 5.74) is 10.7. The molecule has 4 fully saturated rings. The molecule has 0 aliphatic heterocycles. The summed E-state index contributed by atoms with van der Waals surface area (Å²) in [5, 5.41) is 4.45. The van der Waals surface area contributed by atoms with Crippen LogP contribution in [0.4, 0.5) is 5.69 Å². The van der Waals surface area contributed by atoms with Gasteiger partial charge in [0.25, 0.3) is 5.91 Å². The van der Waals surface area contributed by atoms with E-state index < -0.39 is 0 Å². The summed E-state index contributed by atoms with van der Waals surface area (Å²) in [7, 11) is 0. The first-order valence-electron chi connectivity index (χ1n) is 8.81. The lowest BCUT2D eigenvalue weighted by molar-refractivity contribution is -0.00859. The molecule has 122 valence electrons. The zero-order chi connectivity index (χ0) is 16.0. The number of nitrogen functional groups attached to an aromatic ring is 1. The molecular formula is C19H25N3O. The van der Waals surface area contributed by atoms with E-state index in [0.29, 0.717) is 17.2 Å². The molecule has 0 aromatic heterocycles. The van der Waals surface area contributed by atoms with Crippen molar-refractivity contribution in [2.75, 3.05) is 5.73 Å². The topological polar surface area (TPSA) is 67.5 Å². The molecule has 4 heteroatoms. The van der Waals surface area contributed by atoms with Crippen LogP contribution in [0.3, 0.4) is 0 Å². The van der Waals surface area contributed by atoms with Crippen LogP contribution in [0, 0.1) is 29.6 Å². The highest BCUT2D eigenvalue weighted by atomic mass is 16.2. The van der Waals surface area contributed by atoms with Crippen LogP contribution in [0.15, 0.2) is 29.4 Å². The van der Waals surface area contributed by atoms with Crippen LogP contribution in [0.2, 0.25) is 0 Å². The zero-order valence-corrected chi connectivity index (χ0v) is 13.7. The van der Waals surface area contributed by atoms with Gasteiger partial charge >= 0.3 is 0 Å². The van der Waals surface area contributed by atoms with Crippen LogP contribution in [0.5, 0.6) is 0 Å². The highest BCUT2D eigenvalue weighted by Gasteiger charge is 2.49. The molecule has 1 amide bonds. The van der Waals surface area contributed by atoms with E-state index >= 15 is 0 Å². The van der Waals surface area contributed by atoms with Crippen molar-refractivity contribution < 1.29 is 4.79 Å². The van der Waals surface area contributed by atoms with Crippen molar-refractivity contribution in [1.29, 1.82) is 0 Å². The van der Waals surface area contributed by atoms with Crippen molar-refractivity contribution in [3.8, 4) is 0 Å². The molecule has 4 nitrogen and oxygen atoms in total. The van der Waals surface area contributed by atoms with Gasteiger partial charge in [-0.15, -0.1) is 0 Å². The van der Waals surface area contributed by atoms with E-state index in [1.165, 1.54) is 32.1 Å². The number of para-hydroxylation sites is 1. The first-order valence-corrected chi connectivity index (χ1v) is 8.81. The van der Waals surface area contributed by atoms with Crippen LogP contribution in [0.1, 0.15) is 49.4 Å². The van der Waals surface area contributed by atoms with Gasteiger partial charge in [-0.05, 0) is 74.8 Å². The number of carbonyl (C=O) groups excluding carboxylic acids is 1. The number of hydrogen-bond acceptors (Lipinski definition) is 3. The Balaban J connectivity index is 1.47. The summed E-state index contributed by atoms with van der Waals surface area (Å²) in [6, 6.07) is 7.12. The highest BCUT2D eigenvalue weighted by molar-refractivity contribution is 5.99. The lowest BCUT2D eigenvalue weighted by Gasteiger charge is -2.54. The SMILES string of the molecule is CC(=NNC(=O)c1ccccc1N)C1C2CC3CC(C2)CC1C3. The monoisotopic (exact) mass is 311 g/mol. The lowest BCUT2D eigenvalue weighted by Crippen LogP contribution is -2.47. The van der Waals surface area contributed by atoms with Gasteiger partial charge in [0.2, 0.25) is 0 Å². The molecule has 0 unspecified atom stereocenters. The fourth-order valence-electron chi connectivity index (χ4n) is 5.58. The average molecular weight is 311 g/mol. The van der Waals surface area contributed by atoms with Gasteiger partial charge in [-0.3, -0.25) is 4.79 Å². The van der Waals surface area contributed by atoms with E-state index in [9.17, 15) is 4.79 Å². The number of nitrogens with one attached hydrogen (secondary N) is 1. The number of hydrogen-bond donors (Lipinski definition) is 2. The summed E-state index contributed by atoms with van der Waals surface area (Å²) in [6.45, 7) is 2.08. The van der Waals surface area contributed by atoms with Crippen LogP contribution >= 0.6 is 0 Å². The normalized spacial score (nSPS) is 35.3. The Morgan fingerprint density at radius 3 is 2.30 bits per heavy atom. The minimum atomic E-state index is -0.216. The van der Waals surface area contributed by atoms with Gasteiger partial charge in [0.15, 0.2) is 0 Å². The number of amides is 1. The third kappa shape index (κ3) is 2.64. The van der Waals surface area contributed by atoms with E-state index in [-0.39, 0.29) is 5.91 Å². The number of anilines is 1. The fourth-order valence-corrected chi connectivity index (χ4v) is 5.58. The van der Waals surface area contributed by atoms with Gasteiger partial charge in [0, 0.05) is 17.3 Å². The summed E-state index contributed by atoms with van der Waals surface area (Å²) in [5.74, 6) is 3.84. The zero-order valence-electron chi connectivity index (χ0n) is 13.7. The fraction of sp³-hybridized carbons (Fsp3) is 0.579. The van der Waals surface area contributed by atoms with Gasteiger partial charge in [-0.2, -0.15) is 5.10 Å². The lowest BCUT2D eigenvalue weighted by atomic mass is 9.51. The van der Waals surface area contributed by atoms with E-state index in [2.05, 4.69) is 17.5 Å². The number of carbonyl (C=O) groups is 1. The van der Waals surface area contributed by atoms with Crippen molar-refractivity contribution in [2.24, 2.45) is 34.7 Å². The molecule has 5 rings (SSSR count). The Bertz CT molecular complexity index is 624. The largest absolute Gasteiger partial charge is 0.398 e. The highest BCUT2D eigenvalue weighted by Crippen LogP contribution is 2.56. The molecule has 4 aliphatic rings. The van der Waals surface area contributed by atoms with Gasteiger partial charge in [-0.1, -0.05) is 12.1 Å². The van der Waals surface area contributed by atoms with Crippen molar-refractivity contribution in [3.63, 3.8) is 0 Å². The molecule has 1 aromatic rings. The van der Waals surface area contributed by atoms with Crippen LogP contribution < -0.4 is 11.2 Å². The Hall–Kier alpha value is -1.84. The second-order valence-electron chi connectivity index (χ2n) is 7.74. The summed E-state index contributed by atoms with van der Waals surface area (Å²) in [6.07, 6.45) is 6.92. The first kappa shape index (κ1) is 14.7. The predicted octanol–water partition coefficient (Wildman–Crippen LogP) is 3.45. The minimum Gasteiger partial charge on any atom is -0.398 e. The number of hydrazone groups is 1. The van der Waals surface area contributed by atoms with E-state index in [1.807, 2.05) is 12.1 Å². The maximum absolute atomic E-state index is 12.3. The molecule has 1 aromatic carbocycles.